The number of piperidine rings is 1. The second kappa shape index (κ2) is 17.1. The minimum Gasteiger partial charge on any atom is -0.372 e. The highest BCUT2D eigenvalue weighted by Crippen LogP contribution is 2.33. The number of carbonyl (C=O) groups is 2. The molecule has 4 heterocycles. The zero-order valence-electron chi connectivity index (χ0n) is 29.4. The maximum Gasteiger partial charge on any atom is 0.416 e. The molecule has 52 heavy (non-hydrogen) atoms. The van der Waals surface area contributed by atoms with Crippen molar-refractivity contribution in [2.45, 2.75) is 38.5 Å². The summed E-state index contributed by atoms with van der Waals surface area (Å²) >= 11 is 0. The molecule has 13 heteroatoms. The van der Waals surface area contributed by atoms with E-state index in [9.17, 15) is 22.8 Å². The molecule has 0 radical (unpaired) electrons. The number of pyridine rings is 2. The molecule has 0 aliphatic carbocycles. The van der Waals surface area contributed by atoms with E-state index >= 15 is 0 Å². The van der Waals surface area contributed by atoms with Crippen molar-refractivity contribution in [3.05, 3.63) is 107 Å². The Hall–Kier alpha value is -4.85. The fraction of sp³-hybridized carbons (Fsp3) is 0.385. The highest BCUT2D eigenvalue weighted by atomic mass is 19.4. The van der Waals surface area contributed by atoms with Crippen LogP contribution >= 0.6 is 0 Å². The third-order valence-electron chi connectivity index (χ3n) is 9.46. The first-order chi connectivity index (χ1) is 25.1. The molecule has 2 aromatic heterocycles. The standard InChI is InChI=1S/C39H45F3N8O2/c1-48(21-22-49-19-15-43-16-20-49)27-31-9-6-10-35(46-31)38(52)47-34-12-11-32(50-17-3-2-4-18-50)25-33(34)36-24-29(13-14-44-36)37(51)45-26-28-7-5-8-30(23-28)39(40,41)42/h5-14,23-25,43H,2-4,15-22,26-27H2,1H3,(H,45,51)(H,47,52). The van der Waals surface area contributed by atoms with Crippen molar-refractivity contribution in [3.8, 4) is 11.3 Å². The Balaban J connectivity index is 1.18. The van der Waals surface area contributed by atoms with Gasteiger partial charge in [-0.25, -0.2) is 4.98 Å². The second-order valence-electron chi connectivity index (χ2n) is 13.4. The summed E-state index contributed by atoms with van der Waals surface area (Å²) in [5.74, 6) is -0.829. The molecule has 0 unspecified atom stereocenters. The summed E-state index contributed by atoms with van der Waals surface area (Å²) in [6.45, 7) is 8.32. The lowest BCUT2D eigenvalue weighted by molar-refractivity contribution is -0.137. The zero-order valence-corrected chi connectivity index (χ0v) is 29.4. The molecule has 2 saturated heterocycles. The molecule has 2 aliphatic heterocycles. The van der Waals surface area contributed by atoms with Crippen molar-refractivity contribution in [2.24, 2.45) is 0 Å². The van der Waals surface area contributed by atoms with E-state index in [-0.39, 0.29) is 23.7 Å². The fourth-order valence-corrected chi connectivity index (χ4v) is 6.55. The van der Waals surface area contributed by atoms with Crippen LogP contribution in [0.25, 0.3) is 11.3 Å². The number of rotatable bonds is 12. The number of nitrogens with zero attached hydrogens (tertiary/aromatic N) is 5. The van der Waals surface area contributed by atoms with Gasteiger partial charge in [0.2, 0.25) is 0 Å². The molecule has 0 bridgehead atoms. The number of hydrogen-bond acceptors (Lipinski definition) is 8. The smallest absolute Gasteiger partial charge is 0.372 e. The molecule has 6 rings (SSSR count). The van der Waals surface area contributed by atoms with Gasteiger partial charge in [0, 0.05) is 88.5 Å². The van der Waals surface area contributed by atoms with Gasteiger partial charge in [-0.15, -0.1) is 0 Å². The summed E-state index contributed by atoms with van der Waals surface area (Å²) < 4.78 is 39.6. The number of alkyl halides is 3. The molecule has 2 aromatic carbocycles. The van der Waals surface area contributed by atoms with Crippen molar-refractivity contribution in [2.75, 3.05) is 69.6 Å². The van der Waals surface area contributed by atoms with Crippen LogP contribution in [-0.2, 0) is 19.3 Å². The van der Waals surface area contributed by atoms with Crippen LogP contribution < -0.4 is 20.9 Å². The van der Waals surface area contributed by atoms with E-state index in [1.54, 1.807) is 18.2 Å². The van der Waals surface area contributed by atoms with Crippen molar-refractivity contribution >= 4 is 23.2 Å². The van der Waals surface area contributed by atoms with Crippen LogP contribution in [0.4, 0.5) is 24.5 Å². The average Bonchev–Trinajstić information content (AvgIpc) is 3.17. The van der Waals surface area contributed by atoms with Crippen LogP contribution in [-0.4, -0.2) is 91.0 Å². The van der Waals surface area contributed by atoms with Gasteiger partial charge in [0.05, 0.1) is 22.6 Å². The highest BCUT2D eigenvalue weighted by molar-refractivity contribution is 6.05. The number of nitrogens with one attached hydrogen (secondary N) is 3. The molecular formula is C39H45F3N8O2. The Morgan fingerprint density at radius 1 is 0.904 bits per heavy atom. The lowest BCUT2D eigenvalue weighted by Crippen LogP contribution is -2.45. The number of piperazine rings is 1. The van der Waals surface area contributed by atoms with Crippen LogP contribution in [0, 0.1) is 0 Å². The van der Waals surface area contributed by atoms with E-state index in [0.29, 0.717) is 29.1 Å². The van der Waals surface area contributed by atoms with Gasteiger partial charge >= 0.3 is 6.18 Å². The molecule has 274 valence electrons. The van der Waals surface area contributed by atoms with Crippen molar-refractivity contribution in [1.82, 2.24) is 30.4 Å². The number of halogens is 3. The Morgan fingerprint density at radius 2 is 1.69 bits per heavy atom. The normalized spacial score (nSPS) is 15.4. The van der Waals surface area contributed by atoms with Crippen LogP contribution in [0.3, 0.4) is 0 Å². The van der Waals surface area contributed by atoms with Crippen LogP contribution in [0.15, 0.2) is 79.0 Å². The molecule has 0 spiro atoms. The molecule has 0 atom stereocenters. The largest absolute Gasteiger partial charge is 0.416 e. The monoisotopic (exact) mass is 714 g/mol. The quantitative estimate of drug-likeness (QED) is 0.173. The van der Waals surface area contributed by atoms with E-state index in [4.69, 9.17) is 0 Å². The van der Waals surface area contributed by atoms with E-state index in [1.807, 2.05) is 30.3 Å². The molecule has 3 N–H and O–H groups in total. The molecule has 2 amide bonds. The Labute approximate surface area is 302 Å². The maximum atomic E-state index is 13.7. The average molecular weight is 715 g/mol. The predicted octanol–water partition coefficient (Wildman–Crippen LogP) is 5.67. The SMILES string of the molecule is CN(CCN1CCNCC1)Cc1cccc(C(=O)Nc2ccc(N3CCCCC3)cc2-c2cc(C(=O)NCc3cccc(C(F)(F)F)c3)ccn2)n1. The molecule has 0 saturated carbocycles. The topological polar surface area (TPSA) is 106 Å². The van der Waals surface area contributed by atoms with E-state index in [1.165, 1.54) is 24.8 Å². The van der Waals surface area contributed by atoms with Gasteiger partial charge < -0.3 is 20.9 Å². The first-order valence-corrected chi connectivity index (χ1v) is 17.8. The third-order valence-corrected chi connectivity index (χ3v) is 9.46. The molecule has 2 aliphatic rings. The summed E-state index contributed by atoms with van der Waals surface area (Å²) in [5, 5.41) is 9.13. The maximum absolute atomic E-state index is 13.7. The van der Waals surface area contributed by atoms with Crippen molar-refractivity contribution < 1.29 is 22.8 Å². The molecule has 2 fully saturated rings. The van der Waals surface area contributed by atoms with Gasteiger partial charge in [-0.2, -0.15) is 13.2 Å². The lowest BCUT2D eigenvalue weighted by atomic mass is 10.0. The van der Waals surface area contributed by atoms with E-state index in [2.05, 4.69) is 47.7 Å². The fourth-order valence-electron chi connectivity index (χ4n) is 6.55. The summed E-state index contributed by atoms with van der Waals surface area (Å²) in [6.07, 6.45) is 0.378. The highest BCUT2D eigenvalue weighted by Gasteiger charge is 2.30. The van der Waals surface area contributed by atoms with Gasteiger partial charge in [0.1, 0.15) is 5.69 Å². The minimum atomic E-state index is -4.48. The lowest BCUT2D eigenvalue weighted by Gasteiger charge is -2.29. The van der Waals surface area contributed by atoms with Gasteiger partial charge in [-0.1, -0.05) is 18.2 Å². The van der Waals surface area contributed by atoms with E-state index in [0.717, 1.165) is 88.7 Å². The summed E-state index contributed by atoms with van der Waals surface area (Å²) in [7, 11) is 2.06. The van der Waals surface area contributed by atoms with Crippen molar-refractivity contribution in [3.63, 3.8) is 0 Å². The molecule has 4 aromatic rings. The van der Waals surface area contributed by atoms with Gasteiger partial charge in [-0.05, 0) is 86.5 Å². The number of benzene rings is 2. The number of carbonyl (C=O) groups excluding carboxylic acids is 2. The molecular weight excluding hydrogens is 669 g/mol. The first-order valence-electron chi connectivity index (χ1n) is 17.8. The Bertz CT molecular complexity index is 1840. The third kappa shape index (κ3) is 9.93. The second-order valence-corrected chi connectivity index (χ2v) is 13.4. The van der Waals surface area contributed by atoms with Crippen LogP contribution in [0.2, 0.25) is 0 Å². The summed E-state index contributed by atoms with van der Waals surface area (Å²) in [6, 6.07) is 19.3. The van der Waals surface area contributed by atoms with Crippen molar-refractivity contribution in [1.29, 1.82) is 0 Å². The zero-order chi connectivity index (χ0) is 36.5. The van der Waals surface area contributed by atoms with Gasteiger partial charge in [0.25, 0.3) is 11.8 Å². The number of hydrogen-bond donors (Lipinski definition) is 3. The summed E-state index contributed by atoms with van der Waals surface area (Å²) in [5.41, 5.74) is 3.52. The van der Waals surface area contributed by atoms with Gasteiger partial charge in [-0.3, -0.25) is 24.4 Å². The number of anilines is 2. The summed E-state index contributed by atoms with van der Waals surface area (Å²) in [4.78, 5) is 43.1. The number of likely N-dealkylation sites (N-methyl/N-ethyl adjacent to an activating group) is 1. The predicted molar refractivity (Wildman–Crippen MR) is 196 cm³/mol. The Morgan fingerprint density at radius 3 is 2.48 bits per heavy atom. The minimum absolute atomic E-state index is 0.0792. The van der Waals surface area contributed by atoms with Gasteiger partial charge in [0.15, 0.2) is 0 Å². The van der Waals surface area contributed by atoms with Crippen LogP contribution in [0.5, 0.6) is 0 Å². The van der Waals surface area contributed by atoms with Crippen LogP contribution in [0.1, 0.15) is 56.9 Å². The number of amides is 2. The first kappa shape index (κ1) is 36.9. The Kier molecular flexibility index (Phi) is 12.2. The van der Waals surface area contributed by atoms with E-state index < -0.39 is 17.6 Å². The number of aromatic nitrogens is 2. The molecule has 10 nitrogen and oxygen atoms in total.